The number of piperazine rings is 1. The second-order valence-corrected chi connectivity index (χ2v) is 6.84. The van der Waals surface area contributed by atoms with Gasteiger partial charge in [-0.25, -0.2) is 0 Å². The Labute approximate surface area is 124 Å². The van der Waals surface area contributed by atoms with Crippen molar-refractivity contribution in [2.75, 3.05) is 45.9 Å². The smallest absolute Gasteiger partial charge is 0.0610 e. The van der Waals surface area contributed by atoms with Crippen molar-refractivity contribution in [2.45, 2.75) is 57.5 Å². The van der Waals surface area contributed by atoms with Gasteiger partial charge in [0.15, 0.2) is 0 Å². The molecule has 118 valence electrons. The van der Waals surface area contributed by atoms with Gasteiger partial charge in [-0.1, -0.05) is 13.3 Å². The van der Waals surface area contributed by atoms with E-state index in [-0.39, 0.29) is 12.1 Å². The van der Waals surface area contributed by atoms with Crippen LogP contribution in [0, 0.1) is 0 Å². The topological polar surface area (TPSA) is 38.7 Å². The van der Waals surface area contributed by atoms with Crippen LogP contribution in [-0.4, -0.2) is 72.4 Å². The standard InChI is InChI=1S/C16H33N3O/c1-3-17-16(2,14-20)8-6-9-18-11-12-19-10-5-4-7-15(19)13-18/h15,17,20H,3-14H2,1-2H3. The SMILES string of the molecule is CCNC(C)(CO)CCCN1CCN2CCCCC2C1. The molecule has 2 aliphatic rings. The lowest BCUT2D eigenvalue weighted by atomic mass is 9.95. The average molecular weight is 283 g/mol. The van der Waals surface area contributed by atoms with Crippen LogP contribution >= 0.6 is 0 Å². The van der Waals surface area contributed by atoms with Gasteiger partial charge in [-0.05, 0) is 52.2 Å². The van der Waals surface area contributed by atoms with Crippen LogP contribution in [0.1, 0.15) is 46.0 Å². The van der Waals surface area contributed by atoms with Crippen molar-refractivity contribution < 1.29 is 5.11 Å². The third-order valence-corrected chi connectivity index (χ3v) is 5.08. The molecule has 2 atom stereocenters. The fourth-order valence-electron chi connectivity index (χ4n) is 3.77. The van der Waals surface area contributed by atoms with E-state index in [1.807, 2.05) is 0 Å². The number of nitrogens with zero attached hydrogens (tertiary/aromatic N) is 2. The fraction of sp³-hybridized carbons (Fsp3) is 1.00. The summed E-state index contributed by atoms with van der Waals surface area (Å²) in [7, 11) is 0. The molecule has 0 saturated carbocycles. The van der Waals surface area contributed by atoms with E-state index >= 15 is 0 Å². The lowest BCUT2D eigenvalue weighted by Gasteiger charge is -2.44. The molecule has 2 heterocycles. The first-order chi connectivity index (χ1) is 9.67. The molecule has 0 amide bonds. The maximum absolute atomic E-state index is 9.52. The lowest BCUT2D eigenvalue weighted by molar-refractivity contribution is 0.0467. The van der Waals surface area contributed by atoms with Gasteiger partial charge in [-0.2, -0.15) is 0 Å². The fourth-order valence-corrected chi connectivity index (χ4v) is 3.77. The predicted octanol–water partition coefficient (Wildman–Crippen LogP) is 1.30. The minimum Gasteiger partial charge on any atom is -0.394 e. The third kappa shape index (κ3) is 4.42. The molecule has 0 spiro atoms. The van der Waals surface area contributed by atoms with Crippen LogP contribution in [0.4, 0.5) is 0 Å². The van der Waals surface area contributed by atoms with Gasteiger partial charge in [0.25, 0.3) is 0 Å². The summed E-state index contributed by atoms with van der Waals surface area (Å²) in [5.41, 5.74) is -0.0958. The summed E-state index contributed by atoms with van der Waals surface area (Å²) in [6.45, 7) is 11.7. The van der Waals surface area contributed by atoms with Crippen molar-refractivity contribution in [3.8, 4) is 0 Å². The Balaban J connectivity index is 1.69. The molecule has 2 unspecified atom stereocenters. The number of nitrogens with one attached hydrogen (secondary N) is 1. The molecule has 0 radical (unpaired) electrons. The lowest BCUT2D eigenvalue weighted by Crippen LogP contribution is -2.55. The Morgan fingerprint density at radius 1 is 1.25 bits per heavy atom. The first-order valence-corrected chi connectivity index (χ1v) is 8.49. The molecule has 20 heavy (non-hydrogen) atoms. The summed E-state index contributed by atoms with van der Waals surface area (Å²) in [4.78, 5) is 5.33. The highest BCUT2D eigenvalue weighted by Crippen LogP contribution is 2.21. The molecular weight excluding hydrogens is 250 g/mol. The largest absolute Gasteiger partial charge is 0.394 e. The highest BCUT2D eigenvalue weighted by molar-refractivity contribution is 4.86. The van der Waals surface area contributed by atoms with E-state index in [0.717, 1.165) is 19.0 Å². The van der Waals surface area contributed by atoms with Gasteiger partial charge in [-0.3, -0.25) is 4.90 Å². The van der Waals surface area contributed by atoms with E-state index in [2.05, 4.69) is 29.0 Å². The summed E-state index contributed by atoms with van der Waals surface area (Å²) in [6, 6.07) is 0.815. The third-order valence-electron chi connectivity index (χ3n) is 5.08. The van der Waals surface area contributed by atoms with Crippen LogP contribution in [0.25, 0.3) is 0 Å². The first kappa shape index (κ1) is 16.2. The number of likely N-dealkylation sites (N-methyl/N-ethyl adjacent to an activating group) is 1. The number of rotatable bonds is 7. The zero-order chi connectivity index (χ0) is 14.4. The Hall–Kier alpha value is -0.160. The highest BCUT2D eigenvalue weighted by atomic mass is 16.3. The zero-order valence-electron chi connectivity index (χ0n) is 13.4. The van der Waals surface area contributed by atoms with Gasteiger partial charge in [0, 0.05) is 31.2 Å². The van der Waals surface area contributed by atoms with Crippen LogP contribution in [0.15, 0.2) is 0 Å². The van der Waals surface area contributed by atoms with Crippen LogP contribution in [0.5, 0.6) is 0 Å². The molecule has 4 nitrogen and oxygen atoms in total. The number of hydrogen-bond acceptors (Lipinski definition) is 4. The quantitative estimate of drug-likeness (QED) is 0.739. The van der Waals surface area contributed by atoms with Gasteiger partial charge in [0.05, 0.1) is 6.61 Å². The Morgan fingerprint density at radius 3 is 2.85 bits per heavy atom. The molecule has 0 aliphatic carbocycles. The Morgan fingerprint density at radius 2 is 2.10 bits per heavy atom. The van der Waals surface area contributed by atoms with E-state index in [9.17, 15) is 5.11 Å². The second kappa shape index (κ2) is 7.74. The van der Waals surface area contributed by atoms with Gasteiger partial charge in [-0.15, -0.1) is 0 Å². The molecule has 4 heteroatoms. The van der Waals surface area contributed by atoms with Crippen LogP contribution in [0.2, 0.25) is 0 Å². The number of fused-ring (bicyclic) bond motifs is 1. The van der Waals surface area contributed by atoms with Crippen molar-refractivity contribution in [3.05, 3.63) is 0 Å². The minimum absolute atomic E-state index is 0.0958. The van der Waals surface area contributed by atoms with E-state index in [0.29, 0.717) is 0 Å². The molecule has 0 aromatic heterocycles. The summed E-state index contributed by atoms with van der Waals surface area (Å²) >= 11 is 0. The maximum atomic E-state index is 9.52. The van der Waals surface area contributed by atoms with E-state index in [4.69, 9.17) is 0 Å². The molecule has 2 saturated heterocycles. The van der Waals surface area contributed by atoms with E-state index in [1.165, 1.54) is 58.4 Å². The second-order valence-electron chi connectivity index (χ2n) is 6.84. The van der Waals surface area contributed by atoms with Gasteiger partial charge < -0.3 is 15.3 Å². The maximum Gasteiger partial charge on any atom is 0.0610 e. The van der Waals surface area contributed by atoms with Crippen LogP contribution in [-0.2, 0) is 0 Å². The Kier molecular flexibility index (Phi) is 6.27. The van der Waals surface area contributed by atoms with Crippen molar-refractivity contribution in [1.29, 1.82) is 0 Å². The monoisotopic (exact) mass is 283 g/mol. The normalized spacial score (nSPS) is 28.1. The molecule has 2 rings (SSSR count). The molecule has 2 fully saturated rings. The van der Waals surface area contributed by atoms with E-state index < -0.39 is 0 Å². The van der Waals surface area contributed by atoms with Crippen LogP contribution in [0.3, 0.4) is 0 Å². The number of aliphatic hydroxyl groups excluding tert-OH is 1. The summed E-state index contributed by atoms with van der Waals surface area (Å²) in [6.07, 6.45) is 6.44. The van der Waals surface area contributed by atoms with E-state index in [1.54, 1.807) is 0 Å². The molecule has 0 aromatic rings. The summed E-state index contributed by atoms with van der Waals surface area (Å²) < 4.78 is 0. The highest BCUT2D eigenvalue weighted by Gasteiger charge is 2.29. The molecule has 2 N–H and O–H groups in total. The van der Waals surface area contributed by atoms with Gasteiger partial charge >= 0.3 is 0 Å². The summed E-state index contributed by atoms with van der Waals surface area (Å²) in [5, 5.41) is 12.9. The molecule has 2 aliphatic heterocycles. The molecular formula is C16H33N3O. The van der Waals surface area contributed by atoms with Gasteiger partial charge in [0.1, 0.15) is 0 Å². The van der Waals surface area contributed by atoms with Gasteiger partial charge in [0.2, 0.25) is 0 Å². The van der Waals surface area contributed by atoms with Crippen molar-refractivity contribution in [1.82, 2.24) is 15.1 Å². The van der Waals surface area contributed by atoms with Crippen LogP contribution < -0.4 is 5.32 Å². The molecule has 0 aromatic carbocycles. The minimum atomic E-state index is -0.0958. The summed E-state index contributed by atoms with van der Waals surface area (Å²) in [5.74, 6) is 0. The van der Waals surface area contributed by atoms with Crippen molar-refractivity contribution in [2.24, 2.45) is 0 Å². The zero-order valence-corrected chi connectivity index (χ0v) is 13.4. The molecule has 0 bridgehead atoms. The average Bonchev–Trinajstić information content (AvgIpc) is 2.47. The number of piperidine rings is 1. The van der Waals surface area contributed by atoms with Crippen molar-refractivity contribution >= 4 is 0 Å². The number of aliphatic hydroxyl groups is 1. The number of hydrogen-bond donors (Lipinski definition) is 2. The first-order valence-electron chi connectivity index (χ1n) is 8.49. The Bertz CT molecular complexity index is 287. The van der Waals surface area contributed by atoms with Crippen molar-refractivity contribution in [3.63, 3.8) is 0 Å². The predicted molar refractivity (Wildman–Crippen MR) is 84.1 cm³/mol.